The molecule has 0 fully saturated rings. The average molecular weight is 327 g/mol. The second-order valence-corrected chi connectivity index (χ2v) is 5.86. The van der Waals surface area contributed by atoms with Crippen molar-refractivity contribution >= 4 is 23.1 Å². The van der Waals surface area contributed by atoms with E-state index in [0.29, 0.717) is 18.9 Å². The number of carbonyl (C=O) groups excluding carboxylic acids is 1. The third-order valence-electron chi connectivity index (χ3n) is 3.16. The van der Waals surface area contributed by atoms with E-state index in [9.17, 15) is 4.79 Å². The van der Waals surface area contributed by atoms with Crippen LogP contribution in [-0.4, -0.2) is 33.5 Å². The van der Waals surface area contributed by atoms with Gasteiger partial charge in [0, 0.05) is 31.5 Å². The summed E-state index contributed by atoms with van der Waals surface area (Å²) in [6.45, 7) is 2.98. The third kappa shape index (κ3) is 3.95. The molecule has 0 aliphatic carbocycles. The lowest BCUT2D eigenvalue weighted by molar-refractivity contribution is 0.0959. The molecule has 7 heteroatoms. The zero-order chi connectivity index (χ0) is 16.1. The van der Waals surface area contributed by atoms with Crippen LogP contribution in [0.2, 0.25) is 0 Å². The molecule has 118 valence electrons. The van der Waals surface area contributed by atoms with E-state index in [2.05, 4.69) is 20.6 Å². The van der Waals surface area contributed by atoms with E-state index in [1.807, 2.05) is 59.6 Å². The van der Waals surface area contributed by atoms with Gasteiger partial charge in [-0.15, -0.1) is 11.3 Å². The van der Waals surface area contributed by atoms with Crippen molar-refractivity contribution in [2.75, 3.05) is 18.4 Å². The first kappa shape index (κ1) is 15.2. The van der Waals surface area contributed by atoms with E-state index >= 15 is 0 Å². The third-order valence-corrected chi connectivity index (χ3v) is 4.02. The van der Waals surface area contributed by atoms with Gasteiger partial charge in [-0.1, -0.05) is 6.07 Å². The number of anilines is 1. The molecule has 3 rings (SSSR count). The number of rotatable bonds is 6. The van der Waals surface area contributed by atoms with Crippen LogP contribution in [-0.2, 0) is 0 Å². The van der Waals surface area contributed by atoms with Crippen molar-refractivity contribution in [1.29, 1.82) is 0 Å². The molecule has 1 amide bonds. The Bertz CT molecular complexity index is 768. The van der Waals surface area contributed by atoms with Gasteiger partial charge in [0.05, 0.1) is 4.88 Å². The minimum absolute atomic E-state index is 0.0475. The van der Waals surface area contributed by atoms with Gasteiger partial charge in [0.1, 0.15) is 17.5 Å². The molecule has 3 aromatic heterocycles. The molecule has 0 aliphatic rings. The number of nitrogens with one attached hydrogen (secondary N) is 2. The highest BCUT2D eigenvalue weighted by Crippen LogP contribution is 2.11. The molecule has 0 saturated carbocycles. The van der Waals surface area contributed by atoms with Crippen molar-refractivity contribution in [3.8, 4) is 5.82 Å². The van der Waals surface area contributed by atoms with Crippen LogP contribution >= 0.6 is 11.3 Å². The Hall–Kier alpha value is -2.67. The minimum atomic E-state index is -0.0475. The molecule has 0 spiro atoms. The van der Waals surface area contributed by atoms with E-state index in [0.717, 1.165) is 16.5 Å². The molecule has 0 atom stereocenters. The summed E-state index contributed by atoms with van der Waals surface area (Å²) < 4.78 is 1.93. The maximum absolute atomic E-state index is 11.8. The van der Waals surface area contributed by atoms with Gasteiger partial charge in [0.15, 0.2) is 0 Å². The standard InChI is InChI=1S/C16H17N5OS/c1-12-19-14(11-15(20-12)21-8-2-3-9-21)17-6-7-18-16(22)13-5-4-10-23-13/h2-5,8-11H,6-7H2,1H3,(H,18,22)(H,17,19,20). The Morgan fingerprint density at radius 1 is 1.22 bits per heavy atom. The van der Waals surface area contributed by atoms with Crippen molar-refractivity contribution in [1.82, 2.24) is 19.9 Å². The Kier molecular flexibility index (Phi) is 4.68. The number of amides is 1. The first-order valence-electron chi connectivity index (χ1n) is 7.27. The normalized spacial score (nSPS) is 10.5. The Labute approximate surface area is 138 Å². The van der Waals surface area contributed by atoms with Crippen molar-refractivity contribution in [3.63, 3.8) is 0 Å². The molecule has 0 aliphatic heterocycles. The lowest BCUT2D eigenvalue weighted by Gasteiger charge is -2.09. The summed E-state index contributed by atoms with van der Waals surface area (Å²) in [5, 5.41) is 7.97. The lowest BCUT2D eigenvalue weighted by atomic mass is 10.4. The number of hydrogen-bond donors (Lipinski definition) is 2. The predicted octanol–water partition coefficient (Wildman–Crippen LogP) is 2.48. The summed E-state index contributed by atoms with van der Waals surface area (Å²) in [5.74, 6) is 2.20. The van der Waals surface area contributed by atoms with Crippen molar-refractivity contribution in [3.05, 3.63) is 58.8 Å². The quantitative estimate of drug-likeness (QED) is 0.682. The number of hydrogen-bond acceptors (Lipinski definition) is 5. The lowest BCUT2D eigenvalue weighted by Crippen LogP contribution is -2.28. The van der Waals surface area contributed by atoms with Crippen molar-refractivity contribution in [2.24, 2.45) is 0 Å². The molecule has 23 heavy (non-hydrogen) atoms. The average Bonchev–Trinajstić information content (AvgIpc) is 3.23. The minimum Gasteiger partial charge on any atom is -0.368 e. The second kappa shape index (κ2) is 7.06. The summed E-state index contributed by atoms with van der Waals surface area (Å²) in [4.78, 5) is 21.3. The van der Waals surface area contributed by atoms with Crippen LogP contribution in [0.25, 0.3) is 5.82 Å². The number of carbonyl (C=O) groups is 1. The number of aryl methyl sites for hydroxylation is 1. The number of aromatic nitrogens is 3. The van der Waals surface area contributed by atoms with Gasteiger partial charge in [-0.2, -0.15) is 0 Å². The maximum Gasteiger partial charge on any atom is 0.261 e. The highest BCUT2D eigenvalue weighted by Gasteiger charge is 2.06. The number of nitrogens with zero attached hydrogens (tertiary/aromatic N) is 3. The van der Waals surface area contributed by atoms with E-state index < -0.39 is 0 Å². The van der Waals surface area contributed by atoms with Crippen molar-refractivity contribution < 1.29 is 4.79 Å². The summed E-state index contributed by atoms with van der Waals surface area (Å²) in [5.41, 5.74) is 0. The SMILES string of the molecule is Cc1nc(NCCNC(=O)c2cccs2)cc(-n2cccc2)n1. The van der Waals surface area contributed by atoms with Crippen molar-refractivity contribution in [2.45, 2.75) is 6.92 Å². The highest BCUT2D eigenvalue weighted by molar-refractivity contribution is 7.12. The molecule has 0 unspecified atom stereocenters. The topological polar surface area (TPSA) is 71.8 Å². The molecule has 0 saturated heterocycles. The largest absolute Gasteiger partial charge is 0.368 e. The van der Waals surface area contributed by atoms with Crippen LogP contribution < -0.4 is 10.6 Å². The molecule has 3 heterocycles. The zero-order valence-electron chi connectivity index (χ0n) is 12.7. The first-order chi connectivity index (χ1) is 11.2. The Morgan fingerprint density at radius 2 is 2.04 bits per heavy atom. The molecule has 2 N–H and O–H groups in total. The van der Waals surface area contributed by atoms with E-state index in [4.69, 9.17) is 0 Å². The molecule has 0 radical (unpaired) electrons. The molecule has 6 nitrogen and oxygen atoms in total. The second-order valence-electron chi connectivity index (χ2n) is 4.91. The van der Waals surface area contributed by atoms with Gasteiger partial charge in [-0.25, -0.2) is 9.97 Å². The van der Waals surface area contributed by atoms with Gasteiger partial charge in [0.2, 0.25) is 0 Å². The van der Waals surface area contributed by atoms with E-state index in [-0.39, 0.29) is 5.91 Å². The van der Waals surface area contributed by atoms with Gasteiger partial charge in [0.25, 0.3) is 5.91 Å². The number of thiophene rings is 1. The fourth-order valence-corrected chi connectivity index (χ4v) is 2.76. The van der Waals surface area contributed by atoms with Gasteiger partial charge in [-0.3, -0.25) is 4.79 Å². The van der Waals surface area contributed by atoms with Crippen LogP contribution in [0.15, 0.2) is 48.1 Å². The molecule has 3 aromatic rings. The van der Waals surface area contributed by atoms with Crippen LogP contribution in [0.4, 0.5) is 5.82 Å². The van der Waals surface area contributed by atoms with E-state index in [1.165, 1.54) is 11.3 Å². The van der Waals surface area contributed by atoms with Gasteiger partial charge in [-0.05, 0) is 30.5 Å². The Balaban J connectivity index is 1.55. The summed E-state index contributed by atoms with van der Waals surface area (Å²) >= 11 is 1.43. The fourth-order valence-electron chi connectivity index (χ4n) is 2.12. The molecule has 0 bridgehead atoms. The van der Waals surface area contributed by atoms with Crippen LogP contribution in [0.5, 0.6) is 0 Å². The predicted molar refractivity (Wildman–Crippen MR) is 91.2 cm³/mol. The highest BCUT2D eigenvalue weighted by atomic mass is 32.1. The summed E-state index contributed by atoms with van der Waals surface area (Å²) in [6.07, 6.45) is 3.87. The van der Waals surface area contributed by atoms with Gasteiger partial charge >= 0.3 is 0 Å². The monoisotopic (exact) mass is 327 g/mol. The van der Waals surface area contributed by atoms with Crippen LogP contribution in [0.1, 0.15) is 15.5 Å². The van der Waals surface area contributed by atoms with Crippen LogP contribution in [0, 0.1) is 6.92 Å². The Morgan fingerprint density at radius 3 is 2.78 bits per heavy atom. The summed E-state index contributed by atoms with van der Waals surface area (Å²) in [7, 11) is 0. The maximum atomic E-state index is 11.8. The van der Waals surface area contributed by atoms with Crippen LogP contribution in [0.3, 0.4) is 0 Å². The first-order valence-corrected chi connectivity index (χ1v) is 8.15. The summed E-state index contributed by atoms with van der Waals surface area (Å²) in [6, 6.07) is 9.46. The molecular formula is C16H17N5OS. The van der Waals surface area contributed by atoms with Gasteiger partial charge < -0.3 is 15.2 Å². The smallest absolute Gasteiger partial charge is 0.261 e. The molecule has 0 aromatic carbocycles. The zero-order valence-corrected chi connectivity index (χ0v) is 13.5. The van der Waals surface area contributed by atoms with E-state index in [1.54, 1.807) is 0 Å². The molecular weight excluding hydrogens is 310 g/mol. The fraction of sp³-hybridized carbons (Fsp3) is 0.188.